The Labute approximate surface area is 124 Å². The number of carbonyl (C=O) groups is 1. The Balaban J connectivity index is 3.07. The number of phenols is 1. The Kier molecular flexibility index (Phi) is 3.64. The number of carboxylic acid groups (broad SMARTS) is 1. The minimum Gasteiger partial charge on any atom is -0.503 e. The van der Waals surface area contributed by atoms with Crippen LogP contribution in [0.1, 0.15) is 10.4 Å². The van der Waals surface area contributed by atoms with Crippen molar-refractivity contribution in [1.29, 1.82) is 0 Å². The van der Waals surface area contributed by atoms with Gasteiger partial charge in [0, 0.05) is 0 Å². The van der Waals surface area contributed by atoms with Crippen LogP contribution in [0.4, 0.5) is 0 Å². The summed E-state index contributed by atoms with van der Waals surface area (Å²) in [5.74, 6) is -1.96. The highest BCUT2D eigenvalue weighted by Crippen LogP contribution is 2.50. The number of aromatic hydroxyl groups is 1. The molecule has 0 aliphatic rings. The Morgan fingerprint density at radius 2 is 1.79 bits per heavy atom. The number of hydrogen-bond donors (Lipinski definition) is 2. The number of ether oxygens (including phenoxy) is 2. The second kappa shape index (κ2) is 4.93. The van der Waals surface area contributed by atoms with Crippen LogP contribution in [0.3, 0.4) is 0 Å². The molecule has 1 aromatic carbocycles. The Bertz CT molecular complexity index is 676. The average Bonchev–Trinajstić information content (AvgIpc) is 2.64. The van der Waals surface area contributed by atoms with Crippen molar-refractivity contribution >= 4 is 48.8 Å². The third-order valence-corrected chi connectivity index (χ3v) is 4.39. The van der Waals surface area contributed by atoms with Crippen LogP contribution in [0.15, 0.2) is 13.6 Å². The largest absolute Gasteiger partial charge is 0.503 e. The number of aromatic carboxylic acids is 1. The summed E-state index contributed by atoms with van der Waals surface area (Å²) in [7, 11) is 2.61. The highest BCUT2D eigenvalue weighted by atomic mass is 79.9. The molecule has 0 fully saturated rings. The van der Waals surface area contributed by atoms with Crippen LogP contribution < -0.4 is 9.47 Å². The van der Waals surface area contributed by atoms with E-state index in [4.69, 9.17) is 13.9 Å². The summed E-state index contributed by atoms with van der Waals surface area (Å²) in [6.07, 6.45) is 0. The summed E-state index contributed by atoms with van der Waals surface area (Å²) in [6.45, 7) is 0. The van der Waals surface area contributed by atoms with Gasteiger partial charge in [-0.3, -0.25) is 0 Å². The van der Waals surface area contributed by atoms with E-state index in [9.17, 15) is 15.0 Å². The van der Waals surface area contributed by atoms with E-state index < -0.39 is 11.7 Å². The second-order valence-corrected chi connectivity index (χ2v) is 5.00. The van der Waals surface area contributed by atoms with E-state index in [-0.39, 0.29) is 22.6 Å². The smallest absolute Gasteiger partial charge is 0.343 e. The van der Waals surface area contributed by atoms with Gasteiger partial charge >= 0.3 is 5.97 Å². The molecule has 1 aromatic heterocycles. The highest BCUT2D eigenvalue weighted by Gasteiger charge is 2.30. The maximum Gasteiger partial charge on any atom is 0.343 e. The lowest BCUT2D eigenvalue weighted by Gasteiger charge is -2.12. The molecule has 0 radical (unpaired) electrons. The summed E-state index contributed by atoms with van der Waals surface area (Å²) >= 11 is 6.43. The lowest BCUT2D eigenvalue weighted by Crippen LogP contribution is -2.03. The van der Waals surface area contributed by atoms with Crippen LogP contribution in [0.5, 0.6) is 17.2 Å². The van der Waals surface area contributed by atoms with E-state index in [0.717, 1.165) is 0 Å². The van der Waals surface area contributed by atoms with Crippen molar-refractivity contribution in [3.05, 3.63) is 14.7 Å². The Morgan fingerprint density at radius 3 is 2.26 bits per heavy atom. The monoisotopic (exact) mass is 394 g/mol. The third-order valence-electron chi connectivity index (χ3n) is 2.55. The predicted octanol–water partition coefficient (Wildman–Crippen LogP) is 3.38. The van der Waals surface area contributed by atoms with Crippen LogP contribution >= 0.6 is 31.9 Å². The summed E-state index contributed by atoms with van der Waals surface area (Å²) in [5.41, 5.74) is -0.207. The molecule has 6 nitrogen and oxygen atoms in total. The molecule has 0 saturated carbocycles. The van der Waals surface area contributed by atoms with E-state index in [1.807, 2.05) is 0 Å². The van der Waals surface area contributed by atoms with E-state index in [2.05, 4.69) is 31.9 Å². The van der Waals surface area contributed by atoms with Crippen LogP contribution in [0.2, 0.25) is 0 Å². The highest BCUT2D eigenvalue weighted by molar-refractivity contribution is 9.13. The molecule has 0 aliphatic carbocycles. The van der Waals surface area contributed by atoms with E-state index in [1.54, 1.807) is 0 Å². The first-order valence-corrected chi connectivity index (χ1v) is 6.50. The first-order chi connectivity index (χ1) is 8.93. The molecule has 1 heterocycles. The van der Waals surface area contributed by atoms with Gasteiger partial charge in [-0.15, -0.1) is 0 Å². The molecule has 0 saturated heterocycles. The fourth-order valence-electron chi connectivity index (χ4n) is 1.79. The van der Waals surface area contributed by atoms with Gasteiger partial charge in [-0.1, -0.05) is 0 Å². The van der Waals surface area contributed by atoms with Gasteiger partial charge in [0.05, 0.1) is 24.1 Å². The number of furan rings is 1. The minimum atomic E-state index is -1.33. The third kappa shape index (κ3) is 1.95. The van der Waals surface area contributed by atoms with Crippen molar-refractivity contribution in [1.82, 2.24) is 0 Å². The number of fused-ring (bicyclic) bond motifs is 1. The van der Waals surface area contributed by atoms with E-state index >= 15 is 0 Å². The number of hydrogen-bond acceptors (Lipinski definition) is 5. The van der Waals surface area contributed by atoms with E-state index in [0.29, 0.717) is 14.5 Å². The molecule has 0 atom stereocenters. The standard InChI is InChI=1S/C11H8Br2O6/c1-17-7-3-5(12)10(13)19-8(3)9(18-2)6(14)4(7)11(15)16/h14H,1-2H3,(H,15,16). The fraction of sp³-hybridized carbons (Fsp3) is 0.182. The Morgan fingerprint density at radius 1 is 1.21 bits per heavy atom. The summed E-state index contributed by atoms with van der Waals surface area (Å²) in [6, 6.07) is 0. The number of halogens is 2. The van der Waals surface area contributed by atoms with Gasteiger partial charge in [-0.25, -0.2) is 4.79 Å². The normalized spacial score (nSPS) is 10.7. The van der Waals surface area contributed by atoms with Gasteiger partial charge in [0.2, 0.25) is 5.75 Å². The molecule has 8 heteroatoms. The van der Waals surface area contributed by atoms with Crippen molar-refractivity contribution in [2.75, 3.05) is 14.2 Å². The summed E-state index contributed by atoms with van der Waals surface area (Å²) < 4.78 is 16.3. The van der Waals surface area contributed by atoms with Crippen LogP contribution in [-0.4, -0.2) is 30.4 Å². The molecular weight excluding hydrogens is 388 g/mol. The molecule has 0 unspecified atom stereocenters. The first kappa shape index (κ1) is 14.0. The number of benzene rings is 1. The molecule has 102 valence electrons. The van der Waals surface area contributed by atoms with Gasteiger partial charge in [0.15, 0.2) is 16.0 Å². The van der Waals surface area contributed by atoms with Gasteiger partial charge in [0.1, 0.15) is 11.3 Å². The van der Waals surface area contributed by atoms with Crippen molar-refractivity contribution < 1.29 is 28.9 Å². The molecule has 0 amide bonds. The SMILES string of the molecule is COc1c(O)c(C(=O)O)c(OC)c2c(Br)c(Br)oc12. The molecule has 0 aliphatic heterocycles. The maximum atomic E-state index is 11.3. The molecular formula is C11H8Br2O6. The minimum absolute atomic E-state index is 0.0119. The van der Waals surface area contributed by atoms with Gasteiger partial charge in [0.25, 0.3) is 0 Å². The van der Waals surface area contributed by atoms with Gasteiger partial charge in [-0.05, 0) is 31.9 Å². The van der Waals surface area contributed by atoms with Crippen molar-refractivity contribution in [2.45, 2.75) is 0 Å². The number of rotatable bonds is 3. The first-order valence-electron chi connectivity index (χ1n) is 4.91. The summed E-state index contributed by atoms with van der Waals surface area (Å²) in [5, 5.41) is 19.6. The topological polar surface area (TPSA) is 89.1 Å². The summed E-state index contributed by atoms with van der Waals surface area (Å²) in [4.78, 5) is 11.3. The van der Waals surface area contributed by atoms with Crippen molar-refractivity contribution in [3.63, 3.8) is 0 Å². The quantitative estimate of drug-likeness (QED) is 0.828. The maximum absolute atomic E-state index is 11.3. The Hall–Kier alpha value is -1.41. The van der Waals surface area contributed by atoms with Crippen LogP contribution in [-0.2, 0) is 0 Å². The fourth-order valence-corrected chi connectivity index (χ4v) is 2.59. The average molecular weight is 396 g/mol. The zero-order valence-corrected chi connectivity index (χ0v) is 13.0. The zero-order chi connectivity index (χ0) is 14.3. The molecule has 0 spiro atoms. The van der Waals surface area contributed by atoms with Gasteiger partial charge in [-0.2, -0.15) is 0 Å². The van der Waals surface area contributed by atoms with Crippen LogP contribution in [0, 0.1) is 0 Å². The van der Waals surface area contributed by atoms with E-state index in [1.165, 1.54) is 14.2 Å². The van der Waals surface area contributed by atoms with Crippen LogP contribution in [0.25, 0.3) is 11.0 Å². The van der Waals surface area contributed by atoms with Gasteiger partial charge < -0.3 is 24.1 Å². The number of carboxylic acids is 1. The molecule has 2 N–H and O–H groups in total. The number of methoxy groups -OCH3 is 2. The molecule has 0 bridgehead atoms. The predicted molar refractivity (Wildman–Crippen MR) is 73.3 cm³/mol. The van der Waals surface area contributed by atoms with Crippen molar-refractivity contribution in [2.24, 2.45) is 0 Å². The molecule has 19 heavy (non-hydrogen) atoms. The second-order valence-electron chi connectivity index (χ2n) is 3.49. The molecule has 2 rings (SSSR count). The lowest BCUT2D eigenvalue weighted by molar-refractivity contribution is 0.0689. The van der Waals surface area contributed by atoms with Crippen molar-refractivity contribution in [3.8, 4) is 17.2 Å². The lowest BCUT2D eigenvalue weighted by atomic mass is 10.1. The zero-order valence-electron chi connectivity index (χ0n) is 9.78. The molecule has 2 aromatic rings.